The molecule has 2 heterocycles. The van der Waals surface area contributed by atoms with E-state index in [1.807, 2.05) is 36.1 Å². The summed E-state index contributed by atoms with van der Waals surface area (Å²) in [4.78, 5) is 28.7. The average molecular weight is 338 g/mol. The van der Waals surface area contributed by atoms with E-state index in [4.69, 9.17) is 0 Å². The lowest BCUT2D eigenvalue weighted by atomic mass is 10.1. The fraction of sp³-hybridized carbons (Fsp3) is 0.529. The lowest BCUT2D eigenvalue weighted by Gasteiger charge is -2.35. The van der Waals surface area contributed by atoms with Gasteiger partial charge in [-0.05, 0) is 26.0 Å². The van der Waals surface area contributed by atoms with Crippen LogP contribution in [0, 0.1) is 12.8 Å². The van der Waals surface area contributed by atoms with Gasteiger partial charge < -0.3 is 15.1 Å². The summed E-state index contributed by atoms with van der Waals surface area (Å²) < 4.78 is 0. The van der Waals surface area contributed by atoms with Gasteiger partial charge in [0.1, 0.15) is 0 Å². The summed E-state index contributed by atoms with van der Waals surface area (Å²) in [5.74, 6) is -0.0451. The molecule has 2 saturated heterocycles. The first kappa shape index (κ1) is 17.8. The number of hydrogen-bond acceptors (Lipinski definition) is 3. The van der Waals surface area contributed by atoms with Crippen molar-refractivity contribution in [2.45, 2.75) is 26.3 Å². The van der Waals surface area contributed by atoms with Crippen molar-refractivity contribution in [2.24, 2.45) is 5.92 Å². The lowest BCUT2D eigenvalue weighted by molar-refractivity contribution is -0.138. The van der Waals surface area contributed by atoms with Crippen molar-refractivity contribution in [1.82, 2.24) is 10.2 Å². The number of carbonyl (C=O) groups is 2. The number of hydrogen-bond donors (Lipinski definition) is 1. The van der Waals surface area contributed by atoms with Crippen LogP contribution < -0.4 is 10.2 Å². The molecule has 2 aliphatic heterocycles. The first-order chi connectivity index (χ1) is 10.6. The number of benzene rings is 1. The Hall–Kier alpha value is -1.59. The molecular formula is C17H24ClN3O2. The summed E-state index contributed by atoms with van der Waals surface area (Å²) >= 11 is 0. The van der Waals surface area contributed by atoms with E-state index in [1.165, 1.54) is 0 Å². The maximum atomic E-state index is 12.7. The zero-order valence-corrected chi connectivity index (χ0v) is 14.4. The van der Waals surface area contributed by atoms with E-state index in [9.17, 15) is 9.59 Å². The Morgan fingerprint density at radius 1 is 1.26 bits per heavy atom. The minimum atomic E-state index is -0.214. The smallest absolute Gasteiger partial charge is 0.228 e. The van der Waals surface area contributed by atoms with E-state index in [1.54, 1.807) is 4.90 Å². The van der Waals surface area contributed by atoms with Crippen LogP contribution in [0.15, 0.2) is 24.3 Å². The highest BCUT2D eigenvalue weighted by Gasteiger charge is 2.38. The van der Waals surface area contributed by atoms with Crippen LogP contribution >= 0.6 is 12.4 Å². The molecule has 2 fully saturated rings. The molecule has 0 aromatic heterocycles. The summed E-state index contributed by atoms with van der Waals surface area (Å²) in [6.07, 6.45) is 0.323. The highest BCUT2D eigenvalue weighted by molar-refractivity contribution is 6.00. The molecule has 23 heavy (non-hydrogen) atoms. The van der Waals surface area contributed by atoms with Crippen molar-refractivity contribution in [2.75, 3.05) is 31.1 Å². The lowest BCUT2D eigenvalue weighted by Crippen LogP contribution is -2.54. The summed E-state index contributed by atoms with van der Waals surface area (Å²) in [5.41, 5.74) is 2.05. The fourth-order valence-electron chi connectivity index (χ4n) is 3.25. The van der Waals surface area contributed by atoms with Crippen molar-refractivity contribution in [1.29, 1.82) is 0 Å². The third kappa shape index (κ3) is 3.67. The topological polar surface area (TPSA) is 52.7 Å². The Kier molecular flexibility index (Phi) is 5.65. The van der Waals surface area contributed by atoms with Crippen LogP contribution in [0.1, 0.15) is 18.9 Å². The van der Waals surface area contributed by atoms with Gasteiger partial charge >= 0.3 is 0 Å². The Morgan fingerprint density at radius 2 is 1.96 bits per heavy atom. The second-order valence-electron chi connectivity index (χ2n) is 6.33. The van der Waals surface area contributed by atoms with E-state index in [2.05, 4.69) is 12.2 Å². The van der Waals surface area contributed by atoms with Gasteiger partial charge in [0.25, 0.3) is 0 Å². The second-order valence-corrected chi connectivity index (χ2v) is 6.33. The summed E-state index contributed by atoms with van der Waals surface area (Å²) in [6, 6.07) is 8.10. The number of anilines is 1. The van der Waals surface area contributed by atoms with Gasteiger partial charge in [0.05, 0.1) is 5.92 Å². The Labute approximate surface area is 143 Å². The van der Waals surface area contributed by atoms with Crippen LogP contribution in [0.4, 0.5) is 5.69 Å². The zero-order chi connectivity index (χ0) is 15.7. The number of rotatable bonds is 2. The van der Waals surface area contributed by atoms with Gasteiger partial charge in [-0.2, -0.15) is 0 Å². The molecule has 1 aromatic carbocycles. The van der Waals surface area contributed by atoms with Gasteiger partial charge in [-0.3, -0.25) is 9.59 Å². The van der Waals surface area contributed by atoms with Gasteiger partial charge in [0.15, 0.2) is 0 Å². The van der Waals surface area contributed by atoms with Gasteiger partial charge in [-0.1, -0.05) is 17.7 Å². The molecule has 2 atom stereocenters. The van der Waals surface area contributed by atoms with Crippen LogP contribution in [0.5, 0.6) is 0 Å². The second kappa shape index (κ2) is 7.32. The Bertz CT molecular complexity index is 576. The molecule has 2 unspecified atom stereocenters. The van der Waals surface area contributed by atoms with Crippen LogP contribution in [0.3, 0.4) is 0 Å². The molecule has 0 aliphatic carbocycles. The van der Waals surface area contributed by atoms with Gasteiger partial charge in [-0.15, -0.1) is 12.4 Å². The van der Waals surface area contributed by atoms with Crippen molar-refractivity contribution < 1.29 is 9.59 Å². The predicted octanol–water partition coefficient (Wildman–Crippen LogP) is 1.59. The zero-order valence-electron chi connectivity index (χ0n) is 13.6. The SMILES string of the molecule is Cc1ccc(N2CC(C(=O)N3CCNCC3C)CC2=O)cc1.Cl. The average Bonchev–Trinajstić information content (AvgIpc) is 2.90. The number of nitrogens with zero attached hydrogens (tertiary/aromatic N) is 2. The third-order valence-electron chi connectivity index (χ3n) is 4.60. The molecule has 2 amide bonds. The maximum Gasteiger partial charge on any atom is 0.228 e. The number of amides is 2. The largest absolute Gasteiger partial charge is 0.337 e. The minimum absolute atomic E-state index is 0. The number of nitrogens with one attached hydrogen (secondary N) is 1. The van der Waals surface area contributed by atoms with Crippen molar-refractivity contribution >= 4 is 29.9 Å². The maximum absolute atomic E-state index is 12.7. The molecular weight excluding hydrogens is 314 g/mol. The minimum Gasteiger partial charge on any atom is -0.337 e. The first-order valence-electron chi connectivity index (χ1n) is 7.94. The fourth-order valence-corrected chi connectivity index (χ4v) is 3.25. The standard InChI is InChI=1S/C17H23N3O2.ClH/c1-12-3-5-15(6-4-12)20-11-14(9-16(20)21)17(22)19-8-7-18-10-13(19)2;/h3-6,13-14,18H,7-11H2,1-2H3;1H. The van der Waals surface area contributed by atoms with Crippen molar-refractivity contribution in [3.05, 3.63) is 29.8 Å². The normalized spacial score (nSPS) is 24.5. The van der Waals surface area contributed by atoms with E-state index in [0.29, 0.717) is 13.0 Å². The molecule has 3 rings (SSSR count). The van der Waals surface area contributed by atoms with Crippen LogP contribution in [0.25, 0.3) is 0 Å². The van der Waals surface area contributed by atoms with E-state index >= 15 is 0 Å². The van der Waals surface area contributed by atoms with Crippen molar-refractivity contribution in [3.63, 3.8) is 0 Å². The molecule has 1 aromatic rings. The quantitative estimate of drug-likeness (QED) is 0.891. The number of piperazine rings is 1. The van der Waals surface area contributed by atoms with E-state index < -0.39 is 0 Å². The molecule has 5 nitrogen and oxygen atoms in total. The van der Waals surface area contributed by atoms with Gasteiger partial charge in [0, 0.05) is 44.3 Å². The highest BCUT2D eigenvalue weighted by Crippen LogP contribution is 2.27. The molecule has 126 valence electrons. The van der Waals surface area contributed by atoms with E-state index in [-0.39, 0.29) is 36.2 Å². The summed E-state index contributed by atoms with van der Waals surface area (Å²) in [6.45, 7) is 6.96. The van der Waals surface area contributed by atoms with E-state index in [0.717, 1.165) is 30.9 Å². The number of carbonyl (C=O) groups excluding carboxylic acids is 2. The van der Waals surface area contributed by atoms with Crippen LogP contribution in [0.2, 0.25) is 0 Å². The summed E-state index contributed by atoms with van der Waals surface area (Å²) in [5, 5.41) is 3.29. The molecule has 0 spiro atoms. The predicted molar refractivity (Wildman–Crippen MR) is 92.9 cm³/mol. The molecule has 0 saturated carbocycles. The monoisotopic (exact) mass is 337 g/mol. The third-order valence-corrected chi connectivity index (χ3v) is 4.60. The van der Waals surface area contributed by atoms with Gasteiger partial charge in [0.2, 0.25) is 11.8 Å². The van der Waals surface area contributed by atoms with Crippen molar-refractivity contribution in [3.8, 4) is 0 Å². The highest BCUT2D eigenvalue weighted by atomic mass is 35.5. The van der Waals surface area contributed by atoms with Gasteiger partial charge in [-0.25, -0.2) is 0 Å². The molecule has 0 bridgehead atoms. The van der Waals surface area contributed by atoms with Crippen LogP contribution in [-0.4, -0.2) is 48.9 Å². The first-order valence-corrected chi connectivity index (χ1v) is 7.94. The summed E-state index contributed by atoms with van der Waals surface area (Å²) in [7, 11) is 0. The Morgan fingerprint density at radius 3 is 2.61 bits per heavy atom. The number of aryl methyl sites for hydroxylation is 1. The molecule has 2 aliphatic rings. The number of halogens is 1. The van der Waals surface area contributed by atoms with Crippen LogP contribution in [-0.2, 0) is 9.59 Å². The molecule has 6 heteroatoms. The molecule has 0 radical (unpaired) electrons. The Balaban J connectivity index is 0.00000192. The molecule has 1 N–H and O–H groups in total.